The maximum atomic E-state index is 13.0. The molecule has 2 aromatic rings. The van der Waals surface area contributed by atoms with E-state index in [2.05, 4.69) is 0 Å². The van der Waals surface area contributed by atoms with Crippen LogP contribution in [0.4, 0.5) is 0 Å². The fraction of sp³-hybridized carbons (Fsp3) is 0.333. The third-order valence-electron chi connectivity index (χ3n) is 5.13. The second kappa shape index (κ2) is 8.13. The maximum Gasteiger partial charge on any atom is 0.267 e. The second-order valence-corrected chi connectivity index (χ2v) is 7.89. The molecule has 2 aromatic carbocycles. The van der Waals surface area contributed by atoms with Crippen LogP contribution < -0.4 is 9.47 Å². The number of nitrogens with zero attached hydrogens (tertiary/aromatic N) is 2. The zero-order valence-electron chi connectivity index (χ0n) is 15.8. The highest BCUT2D eigenvalue weighted by atomic mass is 35.5. The lowest BCUT2D eigenvalue weighted by atomic mass is 10.1. The number of para-hydroxylation sites is 2. The minimum atomic E-state index is -0.710. The van der Waals surface area contributed by atoms with Gasteiger partial charge in [0.1, 0.15) is 6.10 Å². The third-order valence-corrected chi connectivity index (χ3v) is 5.67. The lowest BCUT2D eigenvalue weighted by Crippen LogP contribution is -2.56. The summed E-state index contributed by atoms with van der Waals surface area (Å²) in [6, 6.07) is 12.1. The Labute approximate surface area is 178 Å². The Balaban J connectivity index is 1.39. The number of carbonyl (C=O) groups excluding carboxylic acids is 2. The van der Waals surface area contributed by atoms with Gasteiger partial charge in [-0.25, -0.2) is 0 Å². The molecule has 2 aliphatic rings. The number of carbonyl (C=O) groups is 2. The van der Waals surface area contributed by atoms with Gasteiger partial charge in [-0.1, -0.05) is 35.3 Å². The predicted molar refractivity (Wildman–Crippen MR) is 110 cm³/mol. The number of amides is 2. The lowest BCUT2D eigenvalue weighted by Gasteiger charge is -2.38. The molecule has 2 aliphatic heterocycles. The van der Waals surface area contributed by atoms with Crippen molar-refractivity contribution in [2.75, 3.05) is 26.2 Å². The highest BCUT2D eigenvalue weighted by Crippen LogP contribution is 2.34. The summed E-state index contributed by atoms with van der Waals surface area (Å²) in [6.45, 7) is 3.50. The van der Waals surface area contributed by atoms with Crippen molar-refractivity contribution in [2.45, 2.75) is 19.1 Å². The van der Waals surface area contributed by atoms with Gasteiger partial charge >= 0.3 is 0 Å². The quantitative estimate of drug-likeness (QED) is 0.725. The van der Waals surface area contributed by atoms with E-state index < -0.39 is 12.2 Å². The Hall–Kier alpha value is -2.44. The van der Waals surface area contributed by atoms with Crippen molar-refractivity contribution in [1.82, 2.24) is 9.80 Å². The third kappa shape index (κ3) is 4.00. The summed E-state index contributed by atoms with van der Waals surface area (Å²) in [5.74, 6) is 0.899. The Morgan fingerprint density at radius 1 is 0.931 bits per heavy atom. The fourth-order valence-corrected chi connectivity index (χ4v) is 4.02. The highest BCUT2D eigenvalue weighted by molar-refractivity contribution is 6.36. The molecule has 0 spiro atoms. The first-order valence-corrected chi connectivity index (χ1v) is 10.1. The van der Waals surface area contributed by atoms with Crippen LogP contribution in [0, 0.1) is 0 Å². The summed E-state index contributed by atoms with van der Waals surface area (Å²) in [6.07, 6.45) is -1.11. The van der Waals surface area contributed by atoms with Gasteiger partial charge in [-0.15, -0.1) is 0 Å². The zero-order valence-corrected chi connectivity index (χ0v) is 17.3. The first kappa shape index (κ1) is 19.9. The van der Waals surface area contributed by atoms with Gasteiger partial charge in [0, 0.05) is 31.2 Å². The molecule has 1 saturated heterocycles. The predicted octanol–water partition coefficient (Wildman–Crippen LogP) is 3.51. The zero-order chi connectivity index (χ0) is 20.5. The van der Waals surface area contributed by atoms with Gasteiger partial charge in [-0.05, 0) is 37.3 Å². The van der Waals surface area contributed by atoms with Crippen molar-refractivity contribution in [3.8, 4) is 11.5 Å². The van der Waals surface area contributed by atoms with Crippen molar-refractivity contribution in [1.29, 1.82) is 0 Å². The van der Waals surface area contributed by atoms with Crippen molar-refractivity contribution in [3.63, 3.8) is 0 Å². The Morgan fingerprint density at radius 3 is 2.21 bits per heavy atom. The van der Waals surface area contributed by atoms with Crippen molar-refractivity contribution >= 4 is 35.0 Å². The number of fused-ring (bicyclic) bond motifs is 1. The van der Waals surface area contributed by atoms with Gasteiger partial charge in [-0.2, -0.15) is 0 Å². The molecule has 0 aromatic heterocycles. The number of hydrogen-bond acceptors (Lipinski definition) is 4. The van der Waals surface area contributed by atoms with Gasteiger partial charge in [0.2, 0.25) is 6.10 Å². The van der Waals surface area contributed by atoms with E-state index in [0.717, 1.165) is 0 Å². The second-order valence-electron chi connectivity index (χ2n) is 7.05. The SMILES string of the molecule is CC1Oc2ccccc2OC1C(=O)N1CCN(C(=O)c2ccc(Cl)cc2Cl)CC1. The van der Waals surface area contributed by atoms with E-state index in [1.165, 1.54) is 0 Å². The minimum Gasteiger partial charge on any atom is -0.482 e. The van der Waals surface area contributed by atoms with E-state index in [0.29, 0.717) is 53.3 Å². The molecule has 0 saturated carbocycles. The Bertz CT molecular complexity index is 944. The van der Waals surface area contributed by atoms with E-state index in [1.54, 1.807) is 34.1 Å². The van der Waals surface area contributed by atoms with Crippen molar-refractivity contribution < 1.29 is 19.1 Å². The number of piperazine rings is 1. The van der Waals surface area contributed by atoms with Crippen LogP contribution in [0.3, 0.4) is 0 Å². The van der Waals surface area contributed by atoms with Crippen molar-refractivity contribution in [2.24, 2.45) is 0 Å². The fourth-order valence-electron chi connectivity index (χ4n) is 3.53. The summed E-state index contributed by atoms with van der Waals surface area (Å²) in [5.41, 5.74) is 0.407. The molecular weight excluding hydrogens is 415 g/mol. The molecule has 152 valence electrons. The summed E-state index contributed by atoms with van der Waals surface area (Å²) < 4.78 is 11.7. The van der Waals surface area contributed by atoms with Crippen molar-refractivity contribution in [3.05, 3.63) is 58.1 Å². The summed E-state index contributed by atoms with van der Waals surface area (Å²) >= 11 is 12.1. The van der Waals surface area contributed by atoms with Gasteiger partial charge in [-0.3, -0.25) is 9.59 Å². The summed E-state index contributed by atoms with van der Waals surface area (Å²) in [4.78, 5) is 29.1. The molecule has 1 fully saturated rings. The van der Waals surface area contributed by atoms with Crippen LogP contribution in [0.5, 0.6) is 11.5 Å². The number of halogens is 2. The summed E-state index contributed by atoms with van der Waals surface area (Å²) in [5, 5.41) is 0.800. The molecule has 0 N–H and O–H groups in total. The van der Waals surface area contributed by atoms with Crippen LogP contribution in [0.1, 0.15) is 17.3 Å². The van der Waals surface area contributed by atoms with Crippen LogP contribution in [-0.4, -0.2) is 60.0 Å². The largest absolute Gasteiger partial charge is 0.482 e. The standard InChI is InChI=1S/C21H20Cl2N2O4/c1-13-19(29-18-5-3-2-4-17(18)28-13)21(27)25-10-8-24(9-11-25)20(26)15-7-6-14(22)12-16(15)23/h2-7,12-13,19H,8-11H2,1H3. The normalized spacial score (nSPS) is 21.1. The topological polar surface area (TPSA) is 59.1 Å². The van der Waals surface area contributed by atoms with E-state index in [9.17, 15) is 9.59 Å². The molecule has 8 heteroatoms. The number of rotatable bonds is 2. The highest BCUT2D eigenvalue weighted by Gasteiger charge is 2.38. The van der Waals surface area contributed by atoms with Crippen LogP contribution in [0.15, 0.2) is 42.5 Å². The lowest BCUT2D eigenvalue weighted by molar-refractivity contribution is -0.145. The molecular formula is C21H20Cl2N2O4. The molecule has 2 amide bonds. The average Bonchev–Trinajstić information content (AvgIpc) is 2.72. The molecule has 2 unspecified atom stereocenters. The number of ether oxygens (including phenoxy) is 2. The molecule has 2 atom stereocenters. The summed E-state index contributed by atoms with van der Waals surface area (Å²) in [7, 11) is 0. The molecule has 6 nitrogen and oxygen atoms in total. The molecule has 0 aliphatic carbocycles. The smallest absolute Gasteiger partial charge is 0.267 e. The maximum absolute atomic E-state index is 13.0. The molecule has 29 heavy (non-hydrogen) atoms. The van der Waals surface area contributed by atoms with Crippen LogP contribution in [0.2, 0.25) is 10.0 Å². The molecule has 0 bridgehead atoms. The molecule has 4 rings (SSSR count). The number of benzene rings is 2. The number of hydrogen-bond donors (Lipinski definition) is 0. The monoisotopic (exact) mass is 434 g/mol. The van der Waals surface area contributed by atoms with E-state index >= 15 is 0 Å². The van der Waals surface area contributed by atoms with Gasteiger partial charge in [0.05, 0.1) is 10.6 Å². The van der Waals surface area contributed by atoms with Crippen LogP contribution in [0.25, 0.3) is 0 Å². The van der Waals surface area contributed by atoms with Gasteiger partial charge in [0.15, 0.2) is 11.5 Å². The Kier molecular flexibility index (Phi) is 5.56. The van der Waals surface area contributed by atoms with Gasteiger partial charge in [0.25, 0.3) is 11.8 Å². The van der Waals surface area contributed by atoms with E-state index in [-0.39, 0.29) is 11.8 Å². The first-order valence-electron chi connectivity index (χ1n) is 9.39. The van der Waals surface area contributed by atoms with E-state index in [4.69, 9.17) is 32.7 Å². The van der Waals surface area contributed by atoms with Crippen LogP contribution >= 0.6 is 23.2 Å². The molecule has 0 radical (unpaired) electrons. The van der Waals surface area contributed by atoms with Crippen LogP contribution in [-0.2, 0) is 4.79 Å². The van der Waals surface area contributed by atoms with E-state index in [1.807, 2.05) is 25.1 Å². The molecule has 2 heterocycles. The minimum absolute atomic E-state index is 0.136. The van der Waals surface area contributed by atoms with Gasteiger partial charge < -0.3 is 19.3 Å². The first-order chi connectivity index (χ1) is 13.9. The average molecular weight is 435 g/mol. The Morgan fingerprint density at radius 2 is 1.55 bits per heavy atom.